The van der Waals surface area contributed by atoms with E-state index >= 15 is 0 Å². The van der Waals surface area contributed by atoms with Gasteiger partial charge in [-0.3, -0.25) is 0 Å². The first-order valence-electron chi connectivity index (χ1n) is 5.59. The Labute approximate surface area is 105 Å². The number of halogens is 1. The van der Waals surface area contributed by atoms with Gasteiger partial charge in [0.25, 0.3) is 0 Å². The molecule has 0 aliphatic heterocycles. The maximum Gasteiger partial charge on any atom is 0.244 e. The van der Waals surface area contributed by atoms with E-state index in [2.05, 4.69) is 4.72 Å². The maximum absolute atomic E-state index is 13.5. The van der Waals surface area contributed by atoms with E-state index in [4.69, 9.17) is 5.26 Å². The minimum atomic E-state index is -4.01. The molecule has 0 bridgehead atoms. The molecule has 1 aliphatic rings. The van der Waals surface area contributed by atoms with Crippen molar-refractivity contribution in [2.75, 3.05) is 0 Å². The Bertz CT molecular complexity index is 605. The van der Waals surface area contributed by atoms with E-state index in [1.807, 2.05) is 6.07 Å². The molecule has 4 nitrogen and oxygen atoms in total. The van der Waals surface area contributed by atoms with Crippen molar-refractivity contribution < 1.29 is 12.8 Å². The molecule has 1 aliphatic carbocycles. The molecule has 0 heterocycles. The summed E-state index contributed by atoms with van der Waals surface area (Å²) in [6.45, 7) is 1.53. The van der Waals surface area contributed by atoms with Crippen LogP contribution in [0.3, 0.4) is 0 Å². The molecule has 2 rings (SSSR count). The molecule has 1 fully saturated rings. The van der Waals surface area contributed by atoms with E-state index < -0.39 is 26.3 Å². The maximum atomic E-state index is 13.5. The van der Waals surface area contributed by atoms with Crippen molar-refractivity contribution in [1.29, 1.82) is 5.26 Å². The zero-order valence-corrected chi connectivity index (χ0v) is 10.7. The summed E-state index contributed by atoms with van der Waals surface area (Å²) in [5.41, 5.74) is -1.17. The van der Waals surface area contributed by atoms with Crippen molar-refractivity contribution in [2.24, 2.45) is 5.92 Å². The first-order chi connectivity index (χ1) is 8.39. The van der Waals surface area contributed by atoms with Gasteiger partial charge < -0.3 is 0 Å². The van der Waals surface area contributed by atoms with Crippen LogP contribution in [0, 0.1) is 23.1 Å². The van der Waals surface area contributed by atoms with Crippen LogP contribution in [0.4, 0.5) is 4.39 Å². The molecule has 1 N–H and O–H groups in total. The third-order valence-corrected chi connectivity index (χ3v) is 4.70. The molecular weight excluding hydrogens is 255 g/mol. The molecule has 96 valence electrons. The molecule has 18 heavy (non-hydrogen) atoms. The van der Waals surface area contributed by atoms with Crippen molar-refractivity contribution >= 4 is 10.0 Å². The second-order valence-corrected chi connectivity index (χ2v) is 6.28. The summed E-state index contributed by atoms with van der Waals surface area (Å²) in [5, 5.41) is 9.10. The van der Waals surface area contributed by atoms with Gasteiger partial charge in [0, 0.05) is 0 Å². The number of rotatable bonds is 4. The van der Waals surface area contributed by atoms with E-state index in [-0.39, 0.29) is 5.92 Å². The largest absolute Gasteiger partial charge is 0.244 e. The van der Waals surface area contributed by atoms with Gasteiger partial charge in [0.05, 0.1) is 6.07 Å². The highest BCUT2D eigenvalue weighted by atomic mass is 32.2. The van der Waals surface area contributed by atoms with Crippen LogP contribution in [0.15, 0.2) is 29.2 Å². The fourth-order valence-electron chi connectivity index (χ4n) is 1.85. The Hall–Kier alpha value is -1.45. The first-order valence-corrected chi connectivity index (χ1v) is 7.07. The van der Waals surface area contributed by atoms with Gasteiger partial charge in [-0.25, -0.2) is 12.8 Å². The summed E-state index contributed by atoms with van der Waals surface area (Å²) >= 11 is 0. The lowest BCUT2D eigenvalue weighted by molar-refractivity contribution is 0.456. The summed E-state index contributed by atoms with van der Waals surface area (Å²) in [6.07, 6.45) is 1.62. The predicted molar refractivity (Wildman–Crippen MR) is 63.5 cm³/mol. The van der Waals surface area contributed by atoms with Crippen LogP contribution in [0.2, 0.25) is 0 Å². The van der Waals surface area contributed by atoms with E-state index in [0.717, 1.165) is 18.9 Å². The highest BCUT2D eigenvalue weighted by molar-refractivity contribution is 7.89. The topological polar surface area (TPSA) is 70.0 Å². The van der Waals surface area contributed by atoms with Gasteiger partial charge in [-0.1, -0.05) is 12.1 Å². The second-order valence-electron chi connectivity index (χ2n) is 4.62. The van der Waals surface area contributed by atoms with E-state index in [9.17, 15) is 12.8 Å². The molecule has 0 spiro atoms. The standard InChI is InChI=1S/C12H13FN2O2S/c1-12(8-14,9-6-7-9)15-18(16,17)11-5-3-2-4-10(11)13/h2-5,9,15H,6-7H2,1H3/t12-/m0/s1. The van der Waals surface area contributed by atoms with E-state index in [1.165, 1.54) is 25.1 Å². The Kier molecular flexibility index (Phi) is 3.13. The molecule has 0 saturated heterocycles. The lowest BCUT2D eigenvalue weighted by Crippen LogP contribution is -2.46. The summed E-state index contributed by atoms with van der Waals surface area (Å²) in [7, 11) is -4.01. The number of nitrogens with one attached hydrogen (secondary N) is 1. The van der Waals surface area contributed by atoms with Gasteiger partial charge in [0.15, 0.2) is 0 Å². The Morgan fingerprint density at radius 3 is 2.56 bits per heavy atom. The van der Waals surface area contributed by atoms with Gasteiger partial charge >= 0.3 is 0 Å². The molecule has 6 heteroatoms. The van der Waals surface area contributed by atoms with Crippen molar-refractivity contribution in [1.82, 2.24) is 4.72 Å². The monoisotopic (exact) mass is 268 g/mol. The summed E-state index contributed by atoms with van der Waals surface area (Å²) in [6, 6.07) is 7.09. The third-order valence-electron chi connectivity index (χ3n) is 3.10. The van der Waals surface area contributed by atoms with Crippen LogP contribution in [-0.2, 0) is 10.0 Å². The summed E-state index contributed by atoms with van der Waals surface area (Å²) in [4.78, 5) is -0.424. The van der Waals surface area contributed by atoms with Crippen LogP contribution in [-0.4, -0.2) is 14.0 Å². The Morgan fingerprint density at radius 2 is 2.06 bits per heavy atom. The lowest BCUT2D eigenvalue weighted by Gasteiger charge is -2.22. The van der Waals surface area contributed by atoms with E-state index in [1.54, 1.807) is 0 Å². The van der Waals surface area contributed by atoms with Gasteiger partial charge in [-0.05, 0) is 37.8 Å². The van der Waals surface area contributed by atoms with Gasteiger partial charge in [0.2, 0.25) is 10.0 Å². The fraction of sp³-hybridized carbons (Fsp3) is 0.417. The number of sulfonamides is 1. The lowest BCUT2D eigenvalue weighted by atomic mass is 10.0. The minimum Gasteiger partial charge on any atom is -0.207 e. The van der Waals surface area contributed by atoms with Crippen molar-refractivity contribution in [3.05, 3.63) is 30.1 Å². The number of nitriles is 1. The SMILES string of the molecule is C[C@@](C#N)(NS(=O)(=O)c1ccccc1F)C1CC1. The van der Waals surface area contributed by atoms with Crippen molar-refractivity contribution in [3.8, 4) is 6.07 Å². The highest BCUT2D eigenvalue weighted by Crippen LogP contribution is 2.40. The number of hydrogen-bond donors (Lipinski definition) is 1. The molecule has 1 aromatic carbocycles. The quantitative estimate of drug-likeness (QED) is 0.905. The number of benzene rings is 1. The molecule has 1 atom stereocenters. The highest BCUT2D eigenvalue weighted by Gasteiger charge is 2.45. The van der Waals surface area contributed by atoms with Crippen LogP contribution in [0.1, 0.15) is 19.8 Å². The van der Waals surface area contributed by atoms with Gasteiger partial charge in [-0.2, -0.15) is 9.98 Å². The molecule has 1 aromatic rings. The predicted octanol–water partition coefficient (Wildman–Crippen LogP) is 1.80. The molecule has 0 unspecified atom stereocenters. The van der Waals surface area contributed by atoms with Crippen LogP contribution < -0.4 is 4.72 Å². The molecule has 0 aromatic heterocycles. The molecule has 1 saturated carbocycles. The summed E-state index contributed by atoms with van der Waals surface area (Å²) < 4.78 is 39.9. The first kappa shape index (κ1) is 13.0. The molecule has 0 amide bonds. The summed E-state index contributed by atoms with van der Waals surface area (Å²) in [5.74, 6) is -0.815. The fourth-order valence-corrected chi connectivity index (χ4v) is 3.32. The van der Waals surface area contributed by atoms with Gasteiger partial charge in [-0.15, -0.1) is 0 Å². The van der Waals surface area contributed by atoms with Crippen molar-refractivity contribution in [2.45, 2.75) is 30.2 Å². The molecule has 0 radical (unpaired) electrons. The average Bonchev–Trinajstić information content (AvgIpc) is 3.12. The van der Waals surface area contributed by atoms with Crippen molar-refractivity contribution in [3.63, 3.8) is 0 Å². The Morgan fingerprint density at radius 1 is 1.44 bits per heavy atom. The third kappa shape index (κ3) is 2.37. The zero-order chi connectivity index (χ0) is 13.4. The second kappa shape index (κ2) is 4.34. The zero-order valence-electron chi connectivity index (χ0n) is 9.85. The van der Waals surface area contributed by atoms with E-state index in [0.29, 0.717) is 0 Å². The number of hydrogen-bond acceptors (Lipinski definition) is 3. The minimum absolute atomic E-state index is 0.00375. The van der Waals surface area contributed by atoms with Crippen LogP contribution in [0.5, 0.6) is 0 Å². The molecular formula is C12H13FN2O2S. The average molecular weight is 268 g/mol. The Balaban J connectivity index is 2.34. The normalized spacial score (nSPS) is 18.9. The van der Waals surface area contributed by atoms with Crippen LogP contribution >= 0.6 is 0 Å². The van der Waals surface area contributed by atoms with Gasteiger partial charge in [0.1, 0.15) is 16.3 Å². The smallest absolute Gasteiger partial charge is 0.207 e. The van der Waals surface area contributed by atoms with Crippen LogP contribution in [0.25, 0.3) is 0 Å². The number of nitrogens with zero attached hydrogens (tertiary/aromatic N) is 1.